The Morgan fingerprint density at radius 1 is 1.10 bits per heavy atom. The number of ether oxygens (including phenoxy) is 1. The Balaban J connectivity index is 1.44. The summed E-state index contributed by atoms with van der Waals surface area (Å²) in [6, 6.07) is 4.96. The molecule has 1 saturated heterocycles. The fourth-order valence-corrected chi connectivity index (χ4v) is 4.83. The molecule has 2 fully saturated rings. The van der Waals surface area contributed by atoms with Gasteiger partial charge in [-0.25, -0.2) is 4.39 Å². The molecule has 2 aliphatic rings. The van der Waals surface area contributed by atoms with Gasteiger partial charge in [0.1, 0.15) is 5.82 Å². The highest BCUT2D eigenvalue weighted by molar-refractivity contribution is 5.93. The molecule has 0 spiro atoms. The SMILES string of the molecule is CN(C)C(=O)c1ccc(C2CCC(OCC3CCN(C(C)(C)C)CC3)CC2)c(F)c1. The Hall–Kier alpha value is -1.46. The molecule has 0 unspecified atom stereocenters. The van der Waals surface area contributed by atoms with E-state index in [0.717, 1.165) is 50.9 Å². The number of hydrogen-bond acceptors (Lipinski definition) is 3. The molecule has 168 valence electrons. The highest BCUT2D eigenvalue weighted by Gasteiger charge is 2.29. The lowest BCUT2D eigenvalue weighted by Gasteiger charge is -2.41. The molecule has 1 saturated carbocycles. The number of hydrogen-bond donors (Lipinski definition) is 0. The molecule has 3 rings (SSSR count). The Bertz CT molecular complexity index is 712. The Morgan fingerprint density at radius 2 is 1.73 bits per heavy atom. The van der Waals surface area contributed by atoms with Gasteiger partial charge in [-0.3, -0.25) is 9.69 Å². The minimum absolute atomic E-state index is 0.161. The first-order chi connectivity index (χ1) is 14.1. The van der Waals surface area contributed by atoms with Crippen LogP contribution in [-0.2, 0) is 4.74 Å². The highest BCUT2D eigenvalue weighted by Crippen LogP contribution is 2.36. The predicted molar refractivity (Wildman–Crippen MR) is 119 cm³/mol. The first-order valence-corrected chi connectivity index (χ1v) is 11.5. The van der Waals surface area contributed by atoms with Gasteiger partial charge in [0.25, 0.3) is 5.91 Å². The molecule has 1 aliphatic carbocycles. The molecule has 1 heterocycles. The Morgan fingerprint density at radius 3 is 2.27 bits per heavy atom. The van der Waals surface area contributed by atoms with Crippen LogP contribution in [0.4, 0.5) is 4.39 Å². The molecule has 0 aromatic heterocycles. The van der Waals surface area contributed by atoms with E-state index in [1.165, 1.54) is 23.8 Å². The summed E-state index contributed by atoms with van der Waals surface area (Å²) in [7, 11) is 3.37. The first-order valence-electron chi connectivity index (χ1n) is 11.5. The molecule has 0 radical (unpaired) electrons. The van der Waals surface area contributed by atoms with Crippen LogP contribution in [0, 0.1) is 11.7 Å². The lowest BCUT2D eigenvalue weighted by molar-refractivity contribution is -0.0154. The van der Waals surface area contributed by atoms with Crippen LogP contribution < -0.4 is 0 Å². The van der Waals surface area contributed by atoms with E-state index < -0.39 is 0 Å². The van der Waals surface area contributed by atoms with E-state index in [-0.39, 0.29) is 23.2 Å². The van der Waals surface area contributed by atoms with Crippen molar-refractivity contribution in [3.05, 3.63) is 35.1 Å². The van der Waals surface area contributed by atoms with Gasteiger partial charge in [-0.1, -0.05) is 6.07 Å². The van der Waals surface area contributed by atoms with Gasteiger partial charge in [-0.15, -0.1) is 0 Å². The van der Waals surface area contributed by atoms with E-state index >= 15 is 0 Å². The third-order valence-electron chi connectivity index (χ3n) is 6.90. The molecule has 1 aromatic carbocycles. The number of rotatable bonds is 5. The second-order valence-electron chi connectivity index (χ2n) is 10.3. The van der Waals surface area contributed by atoms with Crippen molar-refractivity contribution in [3.8, 4) is 0 Å². The highest BCUT2D eigenvalue weighted by atomic mass is 19.1. The van der Waals surface area contributed by atoms with Crippen LogP contribution >= 0.6 is 0 Å². The molecule has 5 heteroatoms. The zero-order chi connectivity index (χ0) is 21.9. The van der Waals surface area contributed by atoms with Crippen LogP contribution in [0.25, 0.3) is 0 Å². The number of carbonyl (C=O) groups is 1. The van der Waals surface area contributed by atoms with Crippen LogP contribution in [0.5, 0.6) is 0 Å². The number of amides is 1. The maximum absolute atomic E-state index is 14.7. The van der Waals surface area contributed by atoms with Crippen molar-refractivity contribution in [2.24, 2.45) is 5.92 Å². The number of nitrogens with zero attached hydrogens (tertiary/aromatic N) is 2. The van der Waals surface area contributed by atoms with Gasteiger partial charge in [0, 0.05) is 31.8 Å². The van der Waals surface area contributed by atoms with Gasteiger partial charge in [0.05, 0.1) is 6.10 Å². The summed E-state index contributed by atoms with van der Waals surface area (Å²) in [4.78, 5) is 16.1. The fourth-order valence-electron chi connectivity index (χ4n) is 4.83. The van der Waals surface area contributed by atoms with Crippen molar-refractivity contribution in [3.63, 3.8) is 0 Å². The summed E-state index contributed by atoms with van der Waals surface area (Å²) in [5, 5.41) is 0. The third kappa shape index (κ3) is 5.82. The summed E-state index contributed by atoms with van der Waals surface area (Å²) in [5.74, 6) is 0.479. The topological polar surface area (TPSA) is 32.8 Å². The monoisotopic (exact) mass is 418 g/mol. The van der Waals surface area contributed by atoms with E-state index in [1.54, 1.807) is 26.2 Å². The van der Waals surface area contributed by atoms with Crippen molar-refractivity contribution < 1.29 is 13.9 Å². The van der Waals surface area contributed by atoms with Crippen LogP contribution in [-0.4, -0.2) is 61.1 Å². The van der Waals surface area contributed by atoms with E-state index in [4.69, 9.17) is 4.74 Å². The molecule has 30 heavy (non-hydrogen) atoms. The summed E-state index contributed by atoms with van der Waals surface area (Å²) < 4.78 is 20.9. The van der Waals surface area contributed by atoms with Crippen LogP contribution in [0.2, 0.25) is 0 Å². The van der Waals surface area contributed by atoms with Crippen LogP contribution in [0.15, 0.2) is 18.2 Å². The summed E-state index contributed by atoms with van der Waals surface area (Å²) in [6.07, 6.45) is 6.62. The second kappa shape index (κ2) is 9.78. The summed E-state index contributed by atoms with van der Waals surface area (Å²) in [5.41, 5.74) is 1.42. The van der Waals surface area contributed by atoms with E-state index in [1.807, 2.05) is 0 Å². The van der Waals surface area contributed by atoms with Gasteiger partial charge in [-0.2, -0.15) is 0 Å². The zero-order valence-electron chi connectivity index (χ0n) is 19.4. The van der Waals surface area contributed by atoms with E-state index in [0.29, 0.717) is 17.6 Å². The fraction of sp³-hybridized carbons (Fsp3) is 0.720. The normalized spacial score (nSPS) is 24.1. The number of piperidine rings is 1. The van der Waals surface area contributed by atoms with Crippen molar-refractivity contribution in [1.82, 2.24) is 9.80 Å². The van der Waals surface area contributed by atoms with Gasteiger partial charge in [0.2, 0.25) is 0 Å². The van der Waals surface area contributed by atoms with Crippen molar-refractivity contribution >= 4 is 5.91 Å². The maximum Gasteiger partial charge on any atom is 0.253 e. The molecule has 1 aliphatic heterocycles. The van der Waals surface area contributed by atoms with Crippen LogP contribution in [0.3, 0.4) is 0 Å². The molecule has 1 aromatic rings. The maximum atomic E-state index is 14.7. The van der Waals surface area contributed by atoms with E-state index in [9.17, 15) is 9.18 Å². The summed E-state index contributed by atoms with van der Waals surface area (Å²) >= 11 is 0. The number of likely N-dealkylation sites (tertiary alicyclic amines) is 1. The van der Waals surface area contributed by atoms with Gasteiger partial charge >= 0.3 is 0 Å². The number of benzene rings is 1. The van der Waals surface area contributed by atoms with Gasteiger partial charge < -0.3 is 9.64 Å². The summed E-state index contributed by atoms with van der Waals surface area (Å²) in [6.45, 7) is 10.1. The van der Waals surface area contributed by atoms with Gasteiger partial charge in [-0.05, 0) is 102 Å². The minimum Gasteiger partial charge on any atom is -0.378 e. The number of carbonyl (C=O) groups excluding carboxylic acids is 1. The van der Waals surface area contributed by atoms with Gasteiger partial charge in [0.15, 0.2) is 0 Å². The molecule has 1 amide bonds. The molecule has 0 N–H and O–H groups in total. The smallest absolute Gasteiger partial charge is 0.253 e. The van der Waals surface area contributed by atoms with Crippen molar-refractivity contribution in [2.75, 3.05) is 33.8 Å². The zero-order valence-corrected chi connectivity index (χ0v) is 19.4. The third-order valence-corrected chi connectivity index (χ3v) is 6.90. The Kier molecular flexibility index (Phi) is 7.56. The first kappa shape index (κ1) is 23.2. The molecule has 4 nitrogen and oxygen atoms in total. The van der Waals surface area contributed by atoms with E-state index in [2.05, 4.69) is 25.7 Å². The molecule has 0 atom stereocenters. The number of halogens is 1. The predicted octanol–water partition coefficient (Wildman–Crippen LogP) is 5.08. The van der Waals surface area contributed by atoms with Crippen molar-refractivity contribution in [2.45, 2.75) is 76.9 Å². The Labute approximate surface area is 181 Å². The largest absolute Gasteiger partial charge is 0.378 e. The molecular formula is C25H39FN2O2. The molecular weight excluding hydrogens is 379 g/mol. The molecule has 0 bridgehead atoms. The standard InChI is InChI=1S/C25H39FN2O2/c1-25(2,3)28-14-12-18(13-15-28)17-30-21-9-6-19(7-10-21)22-11-8-20(16-23(22)26)24(29)27(4)5/h8,11,16,18-19,21H,6-7,9-10,12-15,17H2,1-5H3. The second-order valence-corrected chi connectivity index (χ2v) is 10.3. The quantitative estimate of drug-likeness (QED) is 0.668. The lowest BCUT2D eigenvalue weighted by atomic mass is 9.82. The van der Waals surface area contributed by atoms with Crippen molar-refractivity contribution in [1.29, 1.82) is 0 Å². The van der Waals surface area contributed by atoms with Crippen LogP contribution in [0.1, 0.15) is 81.1 Å². The average molecular weight is 419 g/mol. The average Bonchev–Trinajstić information content (AvgIpc) is 2.71. The lowest BCUT2D eigenvalue weighted by Crippen LogP contribution is -2.46. The minimum atomic E-state index is -0.252.